The van der Waals surface area contributed by atoms with Gasteiger partial charge in [-0.25, -0.2) is 17.9 Å². The molecule has 24 heavy (non-hydrogen) atoms. The first-order valence-electron chi connectivity index (χ1n) is 8.18. The van der Waals surface area contributed by atoms with Crippen molar-refractivity contribution in [2.75, 3.05) is 31.5 Å². The lowest BCUT2D eigenvalue weighted by molar-refractivity contribution is 0.248. The van der Waals surface area contributed by atoms with Crippen LogP contribution in [0.15, 0.2) is 29.2 Å². The normalized spacial score (nSPS) is 11.8. The lowest BCUT2D eigenvalue weighted by atomic mass is 10.3. The Morgan fingerprint density at radius 3 is 2.21 bits per heavy atom. The van der Waals surface area contributed by atoms with Crippen LogP contribution in [0.1, 0.15) is 27.7 Å². The zero-order valence-corrected chi connectivity index (χ0v) is 15.6. The predicted octanol–water partition coefficient (Wildman–Crippen LogP) is 1.84. The summed E-state index contributed by atoms with van der Waals surface area (Å²) in [5, 5.41) is 5.47. The van der Waals surface area contributed by atoms with Gasteiger partial charge in [0.15, 0.2) is 0 Å². The molecule has 0 radical (unpaired) electrons. The van der Waals surface area contributed by atoms with E-state index in [-0.39, 0.29) is 17.0 Å². The van der Waals surface area contributed by atoms with Crippen molar-refractivity contribution in [2.24, 2.45) is 0 Å². The first-order valence-corrected chi connectivity index (χ1v) is 9.66. The highest BCUT2D eigenvalue weighted by Crippen LogP contribution is 2.14. The summed E-state index contributed by atoms with van der Waals surface area (Å²) in [4.78, 5) is 14.2. The molecule has 7 nitrogen and oxygen atoms in total. The number of carbonyl (C=O) groups excluding carboxylic acids is 1. The van der Waals surface area contributed by atoms with Crippen LogP contribution in [0.3, 0.4) is 0 Å². The van der Waals surface area contributed by atoms with Gasteiger partial charge in [-0.05, 0) is 51.2 Å². The Labute approximate surface area is 144 Å². The first kappa shape index (κ1) is 20.4. The number of carbonyl (C=O) groups is 1. The van der Waals surface area contributed by atoms with E-state index in [4.69, 9.17) is 0 Å². The fourth-order valence-electron chi connectivity index (χ4n) is 2.14. The quantitative estimate of drug-likeness (QED) is 0.630. The second-order valence-electron chi connectivity index (χ2n) is 5.71. The van der Waals surface area contributed by atoms with Crippen molar-refractivity contribution in [2.45, 2.75) is 38.6 Å². The van der Waals surface area contributed by atoms with Crippen molar-refractivity contribution < 1.29 is 13.2 Å². The zero-order chi connectivity index (χ0) is 18.2. The molecule has 0 unspecified atom stereocenters. The second kappa shape index (κ2) is 9.61. The monoisotopic (exact) mass is 356 g/mol. The minimum Gasteiger partial charge on any atom is -0.337 e. The first-order chi connectivity index (χ1) is 11.3. The molecular weight excluding hydrogens is 328 g/mol. The fourth-order valence-corrected chi connectivity index (χ4v) is 3.39. The number of nitrogens with zero attached hydrogens (tertiary/aromatic N) is 1. The number of anilines is 1. The Morgan fingerprint density at radius 2 is 1.71 bits per heavy atom. The summed E-state index contributed by atoms with van der Waals surface area (Å²) in [6.07, 6.45) is 0. The molecular formula is C16H28N4O3S. The van der Waals surface area contributed by atoms with Crippen LogP contribution < -0.4 is 15.4 Å². The van der Waals surface area contributed by atoms with Gasteiger partial charge in [-0.2, -0.15) is 0 Å². The van der Waals surface area contributed by atoms with Crippen LogP contribution in [0.5, 0.6) is 0 Å². The third kappa shape index (κ3) is 6.86. The van der Waals surface area contributed by atoms with Crippen molar-refractivity contribution in [3.8, 4) is 0 Å². The molecule has 2 amide bonds. The van der Waals surface area contributed by atoms with E-state index in [9.17, 15) is 13.2 Å². The van der Waals surface area contributed by atoms with Crippen LogP contribution in [0, 0.1) is 0 Å². The van der Waals surface area contributed by atoms with E-state index in [0.29, 0.717) is 12.2 Å². The molecule has 0 aliphatic heterocycles. The summed E-state index contributed by atoms with van der Waals surface area (Å²) in [6, 6.07) is 5.59. The van der Waals surface area contributed by atoms with Gasteiger partial charge in [-0.3, -0.25) is 0 Å². The van der Waals surface area contributed by atoms with Gasteiger partial charge in [0.05, 0.1) is 4.90 Å². The molecule has 1 aromatic carbocycles. The van der Waals surface area contributed by atoms with Crippen molar-refractivity contribution in [3.63, 3.8) is 0 Å². The van der Waals surface area contributed by atoms with Crippen LogP contribution >= 0.6 is 0 Å². The van der Waals surface area contributed by atoms with Gasteiger partial charge in [0, 0.05) is 24.8 Å². The average Bonchev–Trinajstić information content (AvgIpc) is 2.51. The van der Waals surface area contributed by atoms with E-state index in [1.165, 1.54) is 12.1 Å². The molecule has 3 N–H and O–H groups in total. The number of amides is 2. The Hall–Kier alpha value is -1.64. The highest BCUT2D eigenvalue weighted by atomic mass is 32.2. The summed E-state index contributed by atoms with van der Waals surface area (Å²) in [6.45, 7) is 10.9. The van der Waals surface area contributed by atoms with Gasteiger partial charge in [0.1, 0.15) is 0 Å². The van der Waals surface area contributed by atoms with Crippen molar-refractivity contribution in [3.05, 3.63) is 24.3 Å². The third-order valence-electron chi connectivity index (χ3n) is 3.42. The molecule has 0 heterocycles. The highest BCUT2D eigenvalue weighted by Gasteiger charge is 2.15. The number of likely N-dealkylation sites (N-methyl/N-ethyl adjacent to an activating group) is 1. The largest absolute Gasteiger partial charge is 0.337 e. The van der Waals surface area contributed by atoms with Crippen LogP contribution in [-0.2, 0) is 10.0 Å². The number of hydrogen-bond acceptors (Lipinski definition) is 4. The fraction of sp³-hybridized carbons (Fsp3) is 0.562. The Bertz CT molecular complexity index is 611. The molecule has 1 rings (SSSR count). The van der Waals surface area contributed by atoms with E-state index in [2.05, 4.69) is 34.1 Å². The lowest BCUT2D eigenvalue weighted by Crippen LogP contribution is -2.36. The molecule has 0 spiro atoms. The smallest absolute Gasteiger partial charge is 0.319 e. The third-order valence-corrected chi connectivity index (χ3v) is 5.10. The number of urea groups is 1. The van der Waals surface area contributed by atoms with Crippen LogP contribution in [0.2, 0.25) is 0 Å². The molecule has 1 aromatic rings. The Balaban J connectivity index is 2.53. The maximum Gasteiger partial charge on any atom is 0.319 e. The van der Waals surface area contributed by atoms with Crippen LogP contribution in [0.25, 0.3) is 0 Å². The summed E-state index contributed by atoms with van der Waals surface area (Å²) >= 11 is 0. The minimum absolute atomic E-state index is 0.170. The highest BCUT2D eigenvalue weighted by molar-refractivity contribution is 7.89. The number of sulfonamides is 1. The topological polar surface area (TPSA) is 90.5 Å². The summed E-state index contributed by atoms with van der Waals surface area (Å²) in [5.41, 5.74) is 0.541. The molecule has 0 aliphatic carbocycles. The Kier molecular flexibility index (Phi) is 8.17. The predicted molar refractivity (Wildman–Crippen MR) is 96.7 cm³/mol. The second-order valence-corrected chi connectivity index (χ2v) is 7.42. The van der Waals surface area contributed by atoms with E-state index >= 15 is 0 Å². The van der Waals surface area contributed by atoms with Gasteiger partial charge in [0.2, 0.25) is 10.0 Å². The van der Waals surface area contributed by atoms with Crippen molar-refractivity contribution in [1.82, 2.24) is 14.9 Å². The summed E-state index contributed by atoms with van der Waals surface area (Å²) in [7, 11) is -3.52. The molecule has 0 aromatic heterocycles. The number of benzene rings is 1. The molecule has 0 bridgehead atoms. The van der Waals surface area contributed by atoms with Crippen LogP contribution in [0.4, 0.5) is 10.5 Å². The molecule has 0 atom stereocenters. The molecule has 0 saturated carbocycles. The van der Waals surface area contributed by atoms with Gasteiger partial charge in [0.25, 0.3) is 0 Å². The van der Waals surface area contributed by atoms with E-state index in [1.807, 2.05) is 0 Å². The van der Waals surface area contributed by atoms with Gasteiger partial charge >= 0.3 is 6.03 Å². The minimum atomic E-state index is -3.52. The van der Waals surface area contributed by atoms with E-state index < -0.39 is 10.0 Å². The SMILES string of the molecule is CCN(CC)CCNC(=O)Nc1ccc(S(=O)(=O)NC(C)C)cc1. The lowest BCUT2D eigenvalue weighted by Gasteiger charge is -2.18. The molecule has 136 valence electrons. The number of rotatable bonds is 9. The van der Waals surface area contributed by atoms with Gasteiger partial charge < -0.3 is 15.5 Å². The maximum atomic E-state index is 12.0. The van der Waals surface area contributed by atoms with Crippen molar-refractivity contribution in [1.29, 1.82) is 0 Å². The number of hydrogen-bond donors (Lipinski definition) is 3. The van der Waals surface area contributed by atoms with Gasteiger partial charge in [-0.1, -0.05) is 13.8 Å². The Morgan fingerprint density at radius 1 is 1.12 bits per heavy atom. The molecule has 0 aliphatic rings. The molecule has 0 fully saturated rings. The summed E-state index contributed by atoms with van der Waals surface area (Å²) < 4.78 is 26.6. The van der Waals surface area contributed by atoms with Crippen molar-refractivity contribution >= 4 is 21.7 Å². The maximum absolute atomic E-state index is 12.0. The van der Waals surface area contributed by atoms with E-state index in [1.54, 1.807) is 26.0 Å². The molecule has 8 heteroatoms. The standard InChI is InChI=1S/C16H28N4O3S/c1-5-20(6-2)12-11-17-16(21)18-14-7-9-15(10-8-14)24(22,23)19-13(3)4/h7-10,13,19H,5-6,11-12H2,1-4H3,(H2,17,18,21). The summed E-state index contributed by atoms with van der Waals surface area (Å²) in [5.74, 6) is 0. The zero-order valence-electron chi connectivity index (χ0n) is 14.8. The van der Waals surface area contributed by atoms with Gasteiger partial charge in [-0.15, -0.1) is 0 Å². The average molecular weight is 356 g/mol. The van der Waals surface area contributed by atoms with Crippen LogP contribution in [-0.4, -0.2) is 51.6 Å². The van der Waals surface area contributed by atoms with E-state index in [0.717, 1.165) is 19.6 Å². The molecule has 0 saturated heterocycles. The number of nitrogens with one attached hydrogen (secondary N) is 3.